The summed E-state index contributed by atoms with van der Waals surface area (Å²) in [5, 5.41) is 0. The first-order chi connectivity index (χ1) is 5.06. The van der Waals surface area contributed by atoms with Crippen molar-refractivity contribution in [3.63, 3.8) is 0 Å². The Hall–Kier alpha value is 0.0300. The molecule has 0 aliphatic carbocycles. The molecule has 0 N–H and O–H groups in total. The minimum Gasteiger partial charge on any atom is -0.122 e. The van der Waals surface area contributed by atoms with Crippen LogP contribution in [0.1, 0.15) is 34.1 Å². The van der Waals surface area contributed by atoms with E-state index in [1.165, 1.54) is 12.0 Å². The molecular weight excluding hydrogens is 156 g/mol. The van der Waals surface area contributed by atoms with Crippen LogP contribution < -0.4 is 0 Å². The molecule has 0 rings (SSSR count). The van der Waals surface area contributed by atoms with Crippen LogP contribution in [0.4, 0.5) is 0 Å². The van der Waals surface area contributed by atoms with E-state index in [1.807, 2.05) is 0 Å². The molecule has 0 radical (unpaired) electrons. The topological polar surface area (TPSA) is 0 Å². The second kappa shape index (κ2) is 5.65. The highest BCUT2D eigenvalue weighted by Gasteiger charge is 2.01. The quantitative estimate of drug-likeness (QED) is 0.449. The fourth-order valence-corrected chi connectivity index (χ4v) is 1.43. The molecule has 0 nitrogen and oxygen atoms in total. The molecule has 0 aliphatic rings. The molecule has 0 saturated carbocycles. The van der Waals surface area contributed by atoms with Gasteiger partial charge in [0.1, 0.15) is 0 Å². The van der Waals surface area contributed by atoms with Crippen molar-refractivity contribution in [3.8, 4) is 0 Å². The van der Waals surface area contributed by atoms with Gasteiger partial charge in [-0.1, -0.05) is 32.4 Å². The molecule has 0 spiro atoms. The molecule has 66 valence electrons. The summed E-state index contributed by atoms with van der Waals surface area (Å²) < 4.78 is 0. The maximum Gasteiger partial charge on any atom is 0.0430 e. The summed E-state index contributed by atoms with van der Waals surface area (Å²) in [6.07, 6.45) is 3.53. The van der Waals surface area contributed by atoms with Gasteiger partial charge in [0, 0.05) is 5.88 Å². The second-order valence-corrected chi connectivity index (χ2v) is 4.02. The van der Waals surface area contributed by atoms with E-state index < -0.39 is 0 Å². The molecule has 0 aromatic carbocycles. The number of hydrogen-bond acceptors (Lipinski definition) is 0. The van der Waals surface area contributed by atoms with Crippen molar-refractivity contribution in [2.75, 3.05) is 5.88 Å². The maximum absolute atomic E-state index is 5.66. The van der Waals surface area contributed by atoms with E-state index >= 15 is 0 Å². The highest BCUT2D eigenvalue weighted by molar-refractivity contribution is 6.19. The SMILES string of the molecule is C/C(=C/C(C)CC(C)C)CCl. The summed E-state index contributed by atoms with van der Waals surface area (Å²) in [5.74, 6) is 2.13. The van der Waals surface area contributed by atoms with Crippen LogP contribution in [0.25, 0.3) is 0 Å². The third kappa shape index (κ3) is 6.43. The Morgan fingerprint density at radius 1 is 1.36 bits per heavy atom. The predicted molar refractivity (Wildman–Crippen MR) is 53.1 cm³/mol. The van der Waals surface area contributed by atoms with Crippen LogP contribution in [0.2, 0.25) is 0 Å². The van der Waals surface area contributed by atoms with Gasteiger partial charge in [0.05, 0.1) is 0 Å². The lowest BCUT2D eigenvalue weighted by molar-refractivity contribution is 0.501. The van der Waals surface area contributed by atoms with Gasteiger partial charge in [0.15, 0.2) is 0 Å². The Kier molecular flexibility index (Phi) is 5.67. The summed E-state index contributed by atoms with van der Waals surface area (Å²) >= 11 is 5.66. The van der Waals surface area contributed by atoms with Gasteiger partial charge in [-0.05, 0) is 25.2 Å². The average Bonchev–Trinajstić information content (AvgIpc) is 1.85. The summed E-state index contributed by atoms with van der Waals surface area (Å²) in [7, 11) is 0. The monoisotopic (exact) mass is 174 g/mol. The molecule has 0 heterocycles. The fourth-order valence-electron chi connectivity index (χ4n) is 1.34. The lowest BCUT2D eigenvalue weighted by atomic mass is 9.97. The van der Waals surface area contributed by atoms with Gasteiger partial charge in [0.25, 0.3) is 0 Å². The lowest BCUT2D eigenvalue weighted by Gasteiger charge is -2.09. The van der Waals surface area contributed by atoms with Gasteiger partial charge in [0.2, 0.25) is 0 Å². The second-order valence-electron chi connectivity index (χ2n) is 3.75. The average molecular weight is 175 g/mol. The molecule has 1 heteroatoms. The van der Waals surface area contributed by atoms with Crippen molar-refractivity contribution in [2.24, 2.45) is 11.8 Å². The largest absolute Gasteiger partial charge is 0.122 e. The molecule has 11 heavy (non-hydrogen) atoms. The smallest absolute Gasteiger partial charge is 0.0430 e. The standard InChI is InChI=1S/C10H19Cl/c1-8(2)5-9(3)6-10(4)7-11/h6,8-9H,5,7H2,1-4H3/b10-6-. The lowest BCUT2D eigenvalue weighted by Crippen LogP contribution is -1.97. The van der Waals surface area contributed by atoms with Gasteiger partial charge in [-0.2, -0.15) is 0 Å². The van der Waals surface area contributed by atoms with E-state index in [-0.39, 0.29) is 0 Å². The Labute approximate surface area is 75.6 Å². The van der Waals surface area contributed by atoms with E-state index in [2.05, 4.69) is 33.8 Å². The fraction of sp³-hybridized carbons (Fsp3) is 0.800. The van der Waals surface area contributed by atoms with Gasteiger partial charge < -0.3 is 0 Å². The van der Waals surface area contributed by atoms with Crippen LogP contribution in [-0.4, -0.2) is 5.88 Å². The maximum atomic E-state index is 5.66. The van der Waals surface area contributed by atoms with Gasteiger partial charge in [-0.15, -0.1) is 11.6 Å². The number of halogens is 1. The Bertz CT molecular complexity index is 125. The Morgan fingerprint density at radius 3 is 2.27 bits per heavy atom. The van der Waals surface area contributed by atoms with Crippen LogP contribution in [0.3, 0.4) is 0 Å². The van der Waals surface area contributed by atoms with Gasteiger partial charge in [-0.25, -0.2) is 0 Å². The van der Waals surface area contributed by atoms with E-state index in [1.54, 1.807) is 0 Å². The first kappa shape index (κ1) is 11.0. The summed E-state index contributed by atoms with van der Waals surface area (Å²) in [6, 6.07) is 0. The first-order valence-corrected chi connectivity index (χ1v) is 4.83. The highest BCUT2D eigenvalue weighted by atomic mass is 35.5. The van der Waals surface area contributed by atoms with E-state index in [4.69, 9.17) is 11.6 Å². The molecule has 0 aromatic rings. The molecule has 0 fully saturated rings. The number of hydrogen-bond donors (Lipinski definition) is 0. The van der Waals surface area contributed by atoms with Crippen molar-refractivity contribution >= 4 is 11.6 Å². The van der Waals surface area contributed by atoms with Crippen molar-refractivity contribution in [1.82, 2.24) is 0 Å². The first-order valence-electron chi connectivity index (χ1n) is 4.29. The third-order valence-electron chi connectivity index (χ3n) is 1.62. The van der Waals surface area contributed by atoms with Gasteiger partial charge in [-0.3, -0.25) is 0 Å². The molecule has 0 bridgehead atoms. The summed E-state index contributed by atoms with van der Waals surface area (Å²) in [6.45, 7) is 8.83. The third-order valence-corrected chi connectivity index (χ3v) is 2.04. The molecule has 0 aliphatic heterocycles. The molecular formula is C10H19Cl. The number of alkyl halides is 1. The highest BCUT2D eigenvalue weighted by Crippen LogP contribution is 2.14. The van der Waals surface area contributed by atoms with Gasteiger partial charge >= 0.3 is 0 Å². The molecule has 1 atom stereocenters. The molecule has 1 unspecified atom stereocenters. The predicted octanol–water partition coefficient (Wildman–Crippen LogP) is 3.85. The van der Waals surface area contributed by atoms with E-state index in [9.17, 15) is 0 Å². The zero-order valence-electron chi connectivity index (χ0n) is 8.02. The van der Waals surface area contributed by atoms with Crippen LogP contribution in [0, 0.1) is 11.8 Å². The van der Waals surface area contributed by atoms with Crippen LogP contribution in [-0.2, 0) is 0 Å². The molecule has 0 amide bonds. The zero-order chi connectivity index (χ0) is 8.85. The van der Waals surface area contributed by atoms with Crippen LogP contribution >= 0.6 is 11.6 Å². The zero-order valence-corrected chi connectivity index (χ0v) is 8.78. The van der Waals surface area contributed by atoms with E-state index in [0.29, 0.717) is 11.8 Å². The van der Waals surface area contributed by atoms with Crippen molar-refractivity contribution in [3.05, 3.63) is 11.6 Å². The summed E-state index contributed by atoms with van der Waals surface area (Å²) in [5.41, 5.74) is 1.29. The van der Waals surface area contributed by atoms with Crippen molar-refractivity contribution < 1.29 is 0 Å². The number of allylic oxidation sites excluding steroid dienone is 2. The molecule has 0 aromatic heterocycles. The van der Waals surface area contributed by atoms with E-state index in [0.717, 1.165) is 5.92 Å². The van der Waals surface area contributed by atoms with Crippen LogP contribution in [0.15, 0.2) is 11.6 Å². The van der Waals surface area contributed by atoms with Crippen LogP contribution in [0.5, 0.6) is 0 Å². The van der Waals surface area contributed by atoms with Crippen molar-refractivity contribution in [2.45, 2.75) is 34.1 Å². The normalized spacial score (nSPS) is 15.6. The number of rotatable bonds is 4. The Morgan fingerprint density at radius 2 is 1.91 bits per heavy atom. The minimum atomic E-state index is 0.669. The Balaban J connectivity index is 3.75. The molecule has 0 saturated heterocycles. The minimum absolute atomic E-state index is 0.669. The van der Waals surface area contributed by atoms with Crippen molar-refractivity contribution in [1.29, 1.82) is 0 Å². The summed E-state index contributed by atoms with van der Waals surface area (Å²) in [4.78, 5) is 0.